The third-order valence-electron chi connectivity index (χ3n) is 3.88. The van der Waals surface area contributed by atoms with E-state index in [1.54, 1.807) is 17.3 Å². The first-order valence-corrected chi connectivity index (χ1v) is 7.81. The lowest BCUT2D eigenvalue weighted by Crippen LogP contribution is -2.50. The van der Waals surface area contributed by atoms with Gasteiger partial charge in [-0.2, -0.15) is 0 Å². The molecule has 1 aromatic rings. The van der Waals surface area contributed by atoms with Crippen molar-refractivity contribution in [3.63, 3.8) is 0 Å². The zero-order chi connectivity index (χ0) is 17.3. The lowest BCUT2D eigenvalue weighted by atomic mass is 9.81. The Morgan fingerprint density at radius 3 is 2.57 bits per heavy atom. The van der Waals surface area contributed by atoms with Crippen LogP contribution in [0.25, 0.3) is 0 Å². The molecule has 0 aromatic carbocycles. The highest BCUT2D eigenvalue weighted by molar-refractivity contribution is 5.71. The molecule has 6 heteroatoms. The molecule has 126 valence electrons. The summed E-state index contributed by atoms with van der Waals surface area (Å²) >= 11 is 0. The van der Waals surface area contributed by atoms with Crippen molar-refractivity contribution in [2.45, 2.75) is 64.7 Å². The molecule has 1 saturated heterocycles. The van der Waals surface area contributed by atoms with Crippen LogP contribution < -0.4 is 0 Å². The molecule has 0 bridgehead atoms. The Kier molecular flexibility index (Phi) is 4.75. The van der Waals surface area contributed by atoms with Gasteiger partial charge < -0.3 is 9.84 Å². The van der Waals surface area contributed by atoms with Gasteiger partial charge in [-0.05, 0) is 34.6 Å². The van der Waals surface area contributed by atoms with Crippen LogP contribution in [0.5, 0.6) is 0 Å². The van der Waals surface area contributed by atoms with E-state index in [4.69, 9.17) is 4.74 Å². The summed E-state index contributed by atoms with van der Waals surface area (Å²) in [7, 11) is 0. The van der Waals surface area contributed by atoms with Gasteiger partial charge in [0.05, 0.1) is 5.60 Å². The number of rotatable bonds is 1. The van der Waals surface area contributed by atoms with Gasteiger partial charge in [-0.15, -0.1) is 0 Å². The molecule has 1 aromatic heterocycles. The van der Waals surface area contributed by atoms with Crippen LogP contribution in [0, 0.1) is 0 Å². The van der Waals surface area contributed by atoms with Crippen molar-refractivity contribution in [1.29, 1.82) is 0 Å². The molecule has 2 heterocycles. The molecule has 0 radical (unpaired) electrons. The van der Waals surface area contributed by atoms with Crippen molar-refractivity contribution < 1.29 is 14.6 Å². The number of hydrogen-bond donors (Lipinski definition) is 1. The van der Waals surface area contributed by atoms with Gasteiger partial charge in [0, 0.05) is 42.5 Å². The van der Waals surface area contributed by atoms with Crippen LogP contribution in [0.1, 0.15) is 53.0 Å². The fourth-order valence-electron chi connectivity index (χ4n) is 2.93. The number of aliphatic hydroxyl groups is 1. The molecule has 2 rings (SSSR count). The highest BCUT2D eigenvalue weighted by Crippen LogP contribution is 2.40. The molecule has 1 aliphatic rings. The maximum absolute atomic E-state index is 12.5. The molecule has 1 N–H and O–H groups in total. The predicted octanol–water partition coefficient (Wildman–Crippen LogP) is 2.99. The zero-order valence-corrected chi connectivity index (χ0v) is 14.4. The van der Waals surface area contributed by atoms with E-state index in [2.05, 4.69) is 9.97 Å². The molecule has 2 unspecified atom stereocenters. The molecule has 2 atom stereocenters. The van der Waals surface area contributed by atoms with E-state index in [9.17, 15) is 9.90 Å². The number of ether oxygens (including phenoxy) is 1. The maximum Gasteiger partial charge on any atom is 0.414 e. The van der Waals surface area contributed by atoms with Crippen molar-refractivity contribution in [2.75, 3.05) is 0 Å². The van der Waals surface area contributed by atoms with Gasteiger partial charge in [-0.3, -0.25) is 4.90 Å². The van der Waals surface area contributed by atoms with E-state index < -0.39 is 11.2 Å². The van der Waals surface area contributed by atoms with Crippen LogP contribution in [0.3, 0.4) is 0 Å². The molecule has 1 aliphatic heterocycles. The van der Waals surface area contributed by atoms with Gasteiger partial charge in [0.2, 0.25) is 0 Å². The molecule has 6 nitrogen and oxygen atoms in total. The number of carbonyl (C=O) groups is 1. The Bertz CT molecular complexity index is 595. The topological polar surface area (TPSA) is 75.6 Å². The minimum Gasteiger partial charge on any atom is -0.443 e. The molecule has 23 heavy (non-hydrogen) atoms. The fourth-order valence-corrected chi connectivity index (χ4v) is 2.93. The highest BCUT2D eigenvalue weighted by Gasteiger charge is 2.43. The van der Waals surface area contributed by atoms with Crippen molar-refractivity contribution in [1.82, 2.24) is 14.9 Å². The van der Waals surface area contributed by atoms with Crippen molar-refractivity contribution >= 4 is 6.09 Å². The second-order valence-electron chi connectivity index (χ2n) is 7.02. The number of likely N-dealkylation sites (tertiary alicyclic amines) is 1. The molecule has 0 spiro atoms. The Balaban J connectivity index is 2.27. The van der Waals surface area contributed by atoms with Crippen molar-refractivity contribution in [3.05, 3.63) is 36.1 Å². The second-order valence-corrected chi connectivity index (χ2v) is 7.02. The Morgan fingerprint density at radius 2 is 2.04 bits per heavy atom. The zero-order valence-electron chi connectivity index (χ0n) is 14.4. The number of carbonyl (C=O) groups excluding carboxylic acids is 1. The third-order valence-corrected chi connectivity index (χ3v) is 3.88. The summed E-state index contributed by atoms with van der Waals surface area (Å²) in [6.07, 6.45) is 6.85. The van der Waals surface area contributed by atoms with Gasteiger partial charge in [0.1, 0.15) is 11.9 Å². The molecular formula is C17H25N3O3. The summed E-state index contributed by atoms with van der Waals surface area (Å²) < 4.78 is 5.49. The SMILES string of the molecule is C/C=C1/CC(O)(c2cncnc2)CC(C)N1C(=O)OC(C)(C)C. The van der Waals surface area contributed by atoms with Gasteiger partial charge in [-0.1, -0.05) is 6.08 Å². The fraction of sp³-hybridized carbons (Fsp3) is 0.588. The van der Waals surface area contributed by atoms with E-state index in [1.807, 2.05) is 40.7 Å². The average molecular weight is 319 g/mol. The minimum absolute atomic E-state index is 0.199. The number of piperidine rings is 1. The average Bonchev–Trinajstić information content (AvgIpc) is 2.45. The van der Waals surface area contributed by atoms with Crippen LogP contribution in [0.4, 0.5) is 4.79 Å². The largest absolute Gasteiger partial charge is 0.443 e. The van der Waals surface area contributed by atoms with E-state index in [-0.39, 0.29) is 12.1 Å². The van der Waals surface area contributed by atoms with Gasteiger partial charge in [0.15, 0.2) is 0 Å². The summed E-state index contributed by atoms with van der Waals surface area (Å²) in [5, 5.41) is 11.0. The Hall–Kier alpha value is -1.95. The quantitative estimate of drug-likeness (QED) is 0.861. The first-order chi connectivity index (χ1) is 10.7. The smallest absolute Gasteiger partial charge is 0.414 e. The summed E-state index contributed by atoms with van der Waals surface area (Å²) in [6, 6.07) is -0.199. The van der Waals surface area contributed by atoms with E-state index in [0.717, 1.165) is 5.70 Å². The van der Waals surface area contributed by atoms with Crippen molar-refractivity contribution in [2.24, 2.45) is 0 Å². The second kappa shape index (κ2) is 6.28. The highest BCUT2D eigenvalue weighted by atomic mass is 16.6. The molecule has 1 amide bonds. The van der Waals surface area contributed by atoms with Crippen LogP contribution in [-0.2, 0) is 10.3 Å². The maximum atomic E-state index is 12.5. The van der Waals surface area contributed by atoms with E-state index >= 15 is 0 Å². The van der Waals surface area contributed by atoms with E-state index in [0.29, 0.717) is 18.4 Å². The first-order valence-electron chi connectivity index (χ1n) is 7.81. The van der Waals surface area contributed by atoms with Crippen LogP contribution in [-0.4, -0.2) is 37.7 Å². The van der Waals surface area contributed by atoms with Crippen LogP contribution >= 0.6 is 0 Å². The molecule has 0 saturated carbocycles. The lowest BCUT2D eigenvalue weighted by molar-refractivity contribution is -0.0365. The summed E-state index contributed by atoms with van der Waals surface area (Å²) in [4.78, 5) is 22.1. The normalized spacial score (nSPS) is 27.1. The van der Waals surface area contributed by atoms with Crippen molar-refractivity contribution in [3.8, 4) is 0 Å². The number of hydrogen-bond acceptors (Lipinski definition) is 5. The summed E-state index contributed by atoms with van der Waals surface area (Å²) in [5.74, 6) is 0. The summed E-state index contributed by atoms with van der Waals surface area (Å²) in [5.41, 5.74) is -0.239. The number of nitrogens with zero attached hydrogens (tertiary/aromatic N) is 3. The third kappa shape index (κ3) is 3.88. The molecule has 1 fully saturated rings. The van der Waals surface area contributed by atoms with Crippen LogP contribution in [0.2, 0.25) is 0 Å². The van der Waals surface area contributed by atoms with Gasteiger partial charge >= 0.3 is 6.09 Å². The number of aromatic nitrogens is 2. The molecular weight excluding hydrogens is 294 g/mol. The van der Waals surface area contributed by atoms with Crippen LogP contribution in [0.15, 0.2) is 30.5 Å². The first kappa shape index (κ1) is 17.4. The Labute approximate surface area is 137 Å². The van der Waals surface area contributed by atoms with E-state index in [1.165, 1.54) is 6.33 Å². The number of amides is 1. The lowest BCUT2D eigenvalue weighted by Gasteiger charge is -2.44. The predicted molar refractivity (Wildman–Crippen MR) is 86.5 cm³/mol. The minimum atomic E-state index is -1.08. The monoisotopic (exact) mass is 319 g/mol. The molecule has 0 aliphatic carbocycles. The Morgan fingerprint density at radius 1 is 1.43 bits per heavy atom. The van der Waals surface area contributed by atoms with Gasteiger partial charge in [-0.25, -0.2) is 14.8 Å². The van der Waals surface area contributed by atoms with Gasteiger partial charge in [0.25, 0.3) is 0 Å². The standard InChI is InChI=1S/C17H25N3O3/c1-6-14-8-17(22,13-9-18-11-19-10-13)7-12(2)20(14)15(21)23-16(3,4)5/h6,9-12,22H,7-8H2,1-5H3/b14-6-. The summed E-state index contributed by atoms with van der Waals surface area (Å²) in [6.45, 7) is 9.28. The number of allylic oxidation sites excluding steroid dienone is 1.